The summed E-state index contributed by atoms with van der Waals surface area (Å²) in [6.45, 7) is 13.8. The minimum atomic E-state index is -3.05. The van der Waals surface area contributed by atoms with Crippen molar-refractivity contribution in [3.8, 4) is 0 Å². The smallest absolute Gasteiger partial charge is 0.329 e. The lowest BCUT2D eigenvalue weighted by Gasteiger charge is -2.27. The largest absolute Gasteiger partial charge is 0.377 e. The molecule has 0 atom stereocenters. The van der Waals surface area contributed by atoms with Gasteiger partial charge in [-0.3, -0.25) is 27.4 Å². The number of ether oxygens (including phenoxy) is 1. The Labute approximate surface area is 535 Å². The van der Waals surface area contributed by atoms with Gasteiger partial charge in [-0.1, -0.05) is 98.9 Å². The van der Waals surface area contributed by atoms with Crippen LogP contribution in [-0.4, -0.2) is 89.7 Å². The summed E-state index contributed by atoms with van der Waals surface area (Å²) >= 11 is 18.4. The first-order valence-electron chi connectivity index (χ1n) is 31.2. The summed E-state index contributed by atoms with van der Waals surface area (Å²) < 4.78 is 46.6. The summed E-state index contributed by atoms with van der Waals surface area (Å²) in [5.74, 6) is 1.28. The van der Waals surface area contributed by atoms with Crippen LogP contribution in [0.2, 0.25) is 15.5 Å². The van der Waals surface area contributed by atoms with Crippen LogP contribution in [0.4, 0.5) is 0 Å². The molecule has 0 N–H and O–H groups in total. The predicted molar refractivity (Wildman–Crippen MR) is 360 cm³/mol. The van der Waals surface area contributed by atoms with E-state index in [2.05, 4.69) is 74.5 Å². The summed E-state index contributed by atoms with van der Waals surface area (Å²) in [5.41, 5.74) is 14.4. The van der Waals surface area contributed by atoms with E-state index in [1.807, 2.05) is 126 Å². The molecule has 0 spiro atoms. The maximum absolute atomic E-state index is 13.4. The second-order valence-electron chi connectivity index (χ2n) is 25.2. The molecule has 2 aliphatic carbocycles. The van der Waals surface area contributed by atoms with E-state index >= 15 is 0 Å². The summed E-state index contributed by atoms with van der Waals surface area (Å²) in [6, 6.07) is 42.1. The lowest BCUT2D eigenvalue weighted by atomic mass is 10.1. The molecule has 468 valence electrons. The van der Waals surface area contributed by atoms with Crippen LogP contribution in [-0.2, 0) is 53.8 Å². The van der Waals surface area contributed by atoms with Crippen molar-refractivity contribution < 1.29 is 13.2 Å². The van der Waals surface area contributed by atoms with Crippen molar-refractivity contribution in [1.82, 2.24) is 56.1 Å². The van der Waals surface area contributed by atoms with E-state index in [0.717, 1.165) is 135 Å². The highest BCUT2D eigenvalue weighted by Crippen LogP contribution is 2.38. The highest BCUT2D eigenvalue weighted by molar-refractivity contribution is 7.90. The van der Waals surface area contributed by atoms with Crippen molar-refractivity contribution in [2.75, 3.05) is 25.2 Å². The Kier molecular flexibility index (Phi) is 17.1. The first-order valence-corrected chi connectivity index (χ1v) is 34.4. The summed E-state index contributed by atoms with van der Waals surface area (Å²) in [6.07, 6.45) is 8.08. The number of fused-ring (bicyclic) bond motifs is 6. The lowest BCUT2D eigenvalue weighted by molar-refractivity contribution is -0.0231. The summed E-state index contributed by atoms with van der Waals surface area (Å²) in [4.78, 5) is 53.4. The minimum Gasteiger partial charge on any atom is -0.377 e. The third-order valence-electron chi connectivity index (χ3n) is 17.6. The van der Waals surface area contributed by atoms with E-state index in [4.69, 9.17) is 39.5 Å². The SMILES string of the molecule is CC(C)CCn1c(Cn2c(=O)n(C3CC3)c3ccccc32)cc2nc(Cl)ccc21.CC(C)CCn1c(Cn2c(=O)n(C3COC3)c3ccccc32)cc2nc(Cl)ccc21.CS(=O)(=O)CCCn1c(Cn2c(=O)n(C3CC3)c3ccccc32)cc2nc(Cl)ccc21. The molecule has 3 aliphatic rings. The molecule has 18 nitrogen and oxygen atoms in total. The van der Waals surface area contributed by atoms with Gasteiger partial charge >= 0.3 is 17.1 Å². The van der Waals surface area contributed by atoms with E-state index in [9.17, 15) is 22.8 Å². The van der Waals surface area contributed by atoms with E-state index in [-0.39, 0.29) is 34.9 Å². The first kappa shape index (κ1) is 61.2. The van der Waals surface area contributed by atoms with Gasteiger partial charge in [-0.2, -0.15) is 0 Å². The monoisotopic (exact) mass is 1290 g/mol. The number of rotatable bonds is 19. The standard InChI is InChI=1S/C23H25ClN4O2.C23H25ClN4O.C22H23ClN4O3S/c1-15(2)9-10-26-16(11-18-19(26)7-8-22(24)25-18)12-27-20-5-3-4-6-21(20)28(23(27)29)17-13-30-14-17;1-15(2)11-12-26-17(13-18-19(26)9-10-22(24)25-18)14-27-20-5-3-4-6-21(20)28(23(27)29)16-7-8-16;1-31(29,30)12-4-11-25-16(13-17-18(25)9-10-21(23)24-17)14-26-19-5-2-3-6-20(19)27(22(26)28)15-7-8-15/h3-8,11,15,17H,9-10,12-14H2,1-2H3;3-6,9-10,13,15-16H,7-8,11-12,14H2,1-2H3;2-3,5-6,9-10,13,15H,4,7-8,11-12,14H2,1H3. The third-order valence-corrected chi connectivity index (χ3v) is 19.2. The summed E-state index contributed by atoms with van der Waals surface area (Å²) in [5, 5.41) is 1.37. The van der Waals surface area contributed by atoms with Gasteiger partial charge in [-0.05, 0) is 148 Å². The molecule has 10 heterocycles. The quantitative estimate of drug-likeness (QED) is 0.0713. The van der Waals surface area contributed by atoms with E-state index in [1.165, 1.54) is 6.26 Å². The summed E-state index contributed by atoms with van der Waals surface area (Å²) in [7, 11) is -3.05. The fourth-order valence-corrected chi connectivity index (χ4v) is 13.8. The van der Waals surface area contributed by atoms with E-state index < -0.39 is 9.84 Å². The van der Waals surface area contributed by atoms with Gasteiger partial charge in [-0.15, -0.1) is 0 Å². The minimum absolute atomic E-state index is 0.0103. The average molecular weight is 1290 g/mol. The Hall–Kier alpha value is -7.68. The number of aryl methyl sites for hydroxylation is 3. The molecule has 1 saturated heterocycles. The molecule has 0 radical (unpaired) electrons. The second-order valence-corrected chi connectivity index (χ2v) is 28.6. The Bertz CT molecular complexity index is 4990. The molecule has 15 rings (SSSR count). The zero-order chi connectivity index (χ0) is 62.7. The number of imidazole rings is 3. The highest BCUT2D eigenvalue weighted by atomic mass is 35.5. The van der Waals surface area contributed by atoms with Crippen molar-refractivity contribution in [3.05, 3.63) is 191 Å². The fourth-order valence-electron chi connectivity index (χ4n) is 12.7. The third kappa shape index (κ3) is 12.5. The van der Waals surface area contributed by atoms with Gasteiger partial charge in [-0.25, -0.2) is 37.8 Å². The van der Waals surface area contributed by atoms with Crippen LogP contribution in [0.25, 0.3) is 66.2 Å². The molecule has 2 saturated carbocycles. The molecule has 22 heteroatoms. The van der Waals surface area contributed by atoms with Crippen LogP contribution in [0, 0.1) is 11.8 Å². The number of para-hydroxylation sites is 6. The lowest BCUT2D eigenvalue weighted by Crippen LogP contribution is -2.38. The van der Waals surface area contributed by atoms with Crippen molar-refractivity contribution in [2.45, 2.75) is 130 Å². The Morgan fingerprint density at radius 3 is 1.07 bits per heavy atom. The second kappa shape index (κ2) is 25.2. The topological polar surface area (TPSA) is 178 Å². The number of nitrogens with zero attached hydrogens (tertiary/aromatic N) is 12. The molecule has 3 fully saturated rings. The van der Waals surface area contributed by atoms with Crippen LogP contribution >= 0.6 is 34.8 Å². The molecule has 0 bridgehead atoms. The van der Waals surface area contributed by atoms with Gasteiger partial charge in [0.2, 0.25) is 0 Å². The molecule has 3 aromatic carbocycles. The van der Waals surface area contributed by atoms with Gasteiger partial charge in [0.15, 0.2) is 0 Å². The average Bonchev–Trinajstić information content (AvgIpc) is 1.69. The fraction of sp³-hybridized carbons (Fsp3) is 0.382. The van der Waals surface area contributed by atoms with Gasteiger partial charge in [0, 0.05) is 55.1 Å². The zero-order valence-electron chi connectivity index (χ0n) is 51.2. The number of hydrogen-bond acceptors (Lipinski definition) is 9. The molecule has 0 unspecified atom stereocenters. The van der Waals surface area contributed by atoms with E-state index in [1.54, 1.807) is 10.6 Å². The van der Waals surface area contributed by atoms with Crippen LogP contribution in [0.3, 0.4) is 0 Å². The zero-order valence-corrected chi connectivity index (χ0v) is 54.3. The molecule has 90 heavy (non-hydrogen) atoms. The number of benzene rings is 3. The number of hydrogen-bond donors (Lipinski definition) is 0. The Balaban J connectivity index is 0.000000124. The van der Waals surface area contributed by atoms with Crippen molar-refractivity contribution in [3.63, 3.8) is 0 Å². The Morgan fingerprint density at radius 2 is 0.767 bits per heavy atom. The van der Waals surface area contributed by atoms with Gasteiger partial charge in [0.25, 0.3) is 0 Å². The molecule has 0 amide bonds. The number of sulfone groups is 1. The van der Waals surface area contributed by atoms with Crippen LogP contribution in [0.15, 0.2) is 142 Å². The number of aromatic nitrogens is 12. The molecule has 1 aliphatic heterocycles. The van der Waals surface area contributed by atoms with Gasteiger partial charge in [0.05, 0.1) is 111 Å². The number of pyridine rings is 3. The molecule has 9 aromatic heterocycles. The van der Waals surface area contributed by atoms with Gasteiger partial charge in [0.1, 0.15) is 25.3 Å². The van der Waals surface area contributed by atoms with Crippen LogP contribution < -0.4 is 17.1 Å². The normalized spacial score (nSPS) is 14.6. The maximum atomic E-state index is 13.4. The van der Waals surface area contributed by atoms with E-state index in [0.29, 0.717) is 79.2 Å². The highest BCUT2D eigenvalue weighted by Gasteiger charge is 2.31. The van der Waals surface area contributed by atoms with Crippen molar-refractivity contribution in [2.24, 2.45) is 11.8 Å². The van der Waals surface area contributed by atoms with Crippen LogP contribution in [0.5, 0.6) is 0 Å². The van der Waals surface area contributed by atoms with Crippen LogP contribution in [0.1, 0.15) is 108 Å². The number of halogens is 3. The molecule has 12 aromatic rings. The maximum Gasteiger partial charge on any atom is 0.329 e. The molecular formula is C68H73Cl3N12O6S. The Morgan fingerprint density at radius 1 is 0.444 bits per heavy atom. The van der Waals surface area contributed by atoms with Gasteiger partial charge < -0.3 is 18.4 Å². The van der Waals surface area contributed by atoms with Crippen molar-refractivity contribution >= 4 is 111 Å². The molecular weight excluding hydrogens is 1220 g/mol. The first-order chi connectivity index (χ1) is 43.4. The van der Waals surface area contributed by atoms with Crippen molar-refractivity contribution in [1.29, 1.82) is 0 Å². The predicted octanol–water partition coefficient (Wildman–Crippen LogP) is 13.3.